The molecule has 0 fully saturated rings. The summed E-state index contributed by atoms with van der Waals surface area (Å²) in [7, 11) is -3.36. The van der Waals surface area contributed by atoms with E-state index in [0.29, 0.717) is 27.0 Å². The number of anilines is 1. The number of halogens is 2. The Kier molecular flexibility index (Phi) is 5.74. The van der Waals surface area contributed by atoms with Crippen LogP contribution >= 0.6 is 23.2 Å². The summed E-state index contributed by atoms with van der Waals surface area (Å²) in [5.74, 6) is 0.0531. The van der Waals surface area contributed by atoms with Gasteiger partial charge in [-0.3, -0.25) is 9.52 Å². The molecular formula is C16H15Cl2NO4S. The molecule has 1 N–H and O–H groups in total. The summed E-state index contributed by atoms with van der Waals surface area (Å²) in [5.41, 5.74) is 0.764. The molecule has 2 aromatic rings. The molecule has 5 nitrogen and oxygen atoms in total. The maximum absolute atomic E-state index is 12.4. The number of ketones is 1. The number of carbonyl (C=O) groups excluding carboxylic acids is 1. The van der Waals surface area contributed by atoms with E-state index in [0.717, 1.165) is 6.26 Å². The van der Waals surface area contributed by atoms with E-state index in [1.54, 1.807) is 19.1 Å². The number of hydrogen-bond donors (Lipinski definition) is 1. The fourth-order valence-corrected chi connectivity index (χ4v) is 2.85. The Morgan fingerprint density at radius 1 is 1.12 bits per heavy atom. The van der Waals surface area contributed by atoms with E-state index in [1.807, 2.05) is 0 Å². The Labute approximate surface area is 150 Å². The van der Waals surface area contributed by atoms with Crippen LogP contribution in [-0.4, -0.2) is 26.6 Å². The summed E-state index contributed by atoms with van der Waals surface area (Å²) in [6.45, 7) is 1.60. The van der Waals surface area contributed by atoms with Gasteiger partial charge in [-0.05, 0) is 43.3 Å². The number of nitrogens with one attached hydrogen (secondary N) is 1. The van der Waals surface area contributed by atoms with Gasteiger partial charge in [0.25, 0.3) is 0 Å². The van der Waals surface area contributed by atoms with Crippen molar-refractivity contribution >= 4 is 44.7 Å². The Hall–Kier alpha value is -1.76. The van der Waals surface area contributed by atoms with Crippen molar-refractivity contribution in [3.05, 3.63) is 58.1 Å². The number of sulfonamides is 1. The molecule has 0 aliphatic rings. The molecule has 128 valence electrons. The van der Waals surface area contributed by atoms with E-state index in [9.17, 15) is 13.2 Å². The molecule has 1 atom stereocenters. The molecule has 0 bridgehead atoms. The highest BCUT2D eigenvalue weighted by Crippen LogP contribution is 2.29. The van der Waals surface area contributed by atoms with Crippen LogP contribution in [0.4, 0.5) is 5.69 Å². The SMILES string of the molecule is C[C@@H](Oc1cc(Cl)ccc1Cl)C(=O)c1ccc(NS(C)(=O)=O)cc1. The van der Waals surface area contributed by atoms with Gasteiger partial charge in [0.05, 0.1) is 11.3 Å². The molecule has 0 saturated heterocycles. The first kappa shape index (κ1) is 18.6. The van der Waals surface area contributed by atoms with Gasteiger partial charge in [0.2, 0.25) is 15.8 Å². The molecule has 0 aromatic heterocycles. The van der Waals surface area contributed by atoms with E-state index >= 15 is 0 Å². The third-order valence-corrected chi connectivity index (χ3v) is 4.19. The quantitative estimate of drug-likeness (QED) is 0.759. The van der Waals surface area contributed by atoms with Crippen molar-refractivity contribution in [2.75, 3.05) is 11.0 Å². The van der Waals surface area contributed by atoms with E-state index in [2.05, 4.69) is 4.72 Å². The predicted molar refractivity (Wildman–Crippen MR) is 95.8 cm³/mol. The van der Waals surface area contributed by atoms with Crippen molar-refractivity contribution in [1.82, 2.24) is 0 Å². The smallest absolute Gasteiger partial charge is 0.229 e. The Balaban J connectivity index is 2.11. The lowest BCUT2D eigenvalue weighted by atomic mass is 10.1. The molecular weight excluding hydrogens is 373 g/mol. The van der Waals surface area contributed by atoms with Gasteiger partial charge in [0, 0.05) is 22.3 Å². The first-order valence-corrected chi connectivity index (χ1v) is 9.54. The fourth-order valence-electron chi connectivity index (χ4n) is 1.96. The highest BCUT2D eigenvalue weighted by Gasteiger charge is 2.18. The van der Waals surface area contributed by atoms with Crippen LogP contribution in [-0.2, 0) is 10.0 Å². The van der Waals surface area contributed by atoms with Gasteiger partial charge in [-0.2, -0.15) is 0 Å². The largest absolute Gasteiger partial charge is 0.481 e. The number of carbonyl (C=O) groups is 1. The number of benzene rings is 2. The minimum Gasteiger partial charge on any atom is -0.481 e. The zero-order valence-electron chi connectivity index (χ0n) is 12.9. The monoisotopic (exact) mass is 387 g/mol. The van der Waals surface area contributed by atoms with Gasteiger partial charge in [-0.25, -0.2) is 8.42 Å². The molecule has 0 unspecified atom stereocenters. The first-order chi connectivity index (χ1) is 11.2. The lowest BCUT2D eigenvalue weighted by Gasteiger charge is -2.15. The third-order valence-electron chi connectivity index (χ3n) is 3.04. The summed E-state index contributed by atoms with van der Waals surface area (Å²) in [6, 6.07) is 10.8. The highest BCUT2D eigenvalue weighted by molar-refractivity contribution is 7.92. The van der Waals surface area contributed by atoms with E-state index in [-0.39, 0.29) is 5.78 Å². The maximum Gasteiger partial charge on any atom is 0.229 e. The Morgan fingerprint density at radius 3 is 2.33 bits per heavy atom. The van der Waals surface area contributed by atoms with Crippen LogP contribution in [0.1, 0.15) is 17.3 Å². The number of rotatable bonds is 6. The molecule has 0 aliphatic heterocycles. The summed E-state index contributed by atoms with van der Waals surface area (Å²) in [5, 5.41) is 0.803. The molecule has 0 radical (unpaired) electrons. The van der Waals surface area contributed by atoms with Crippen molar-refractivity contribution < 1.29 is 17.9 Å². The molecule has 2 aromatic carbocycles. The van der Waals surface area contributed by atoms with E-state index in [1.165, 1.54) is 30.3 Å². The average molecular weight is 388 g/mol. The second kappa shape index (κ2) is 7.42. The normalized spacial score (nSPS) is 12.5. The second-order valence-electron chi connectivity index (χ2n) is 5.15. The van der Waals surface area contributed by atoms with Gasteiger partial charge in [-0.1, -0.05) is 23.2 Å². The summed E-state index contributed by atoms with van der Waals surface area (Å²) < 4.78 is 30.2. The summed E-state index contributed by atoms with van der Waals surface area (Å²) in [6.07, 6.45) is 0.270. The topological polar surface area (TPSA) is 72.5 Å². The van der Waals surface area contributed by atoms with Crippen LogP contribution in [0, 0.1) is 0 Å². The van der Waals surface area contributed by atoms with Gasteiger partial charge in [-0.15, -0.1) is 0 Å². The minimum absolute atomic E-state index is 0.267. The van der Waals surface area contributed by atoms with E-state index in [4.69, 9.17) is 27.9 Å². The molecule has 24 heavy (non-hydrogen) atoms. The Morgan fingerprint density at radius 2 is 1.75 bits per heavy atom. The predicted octanol–water partition coefficient (Wildman–Crippen LogP) is 4.02. The van der Waals surface area contributed by atoms with Gasteiger partial charge in [0.15, 0.2) is 6.10 Å². The molecule has 0 spiro atoms. The van der Waals surface area contributed by atoms with Crippen LogP contribution in [0.5, 0.6) is 5.75 Å². The molecule has 2 rings (SSSR count). The molecule has 8 heteroatoms. The van der Waals surface area contributed by atoms with E-state index < -0.39 is 16.1 Å². The molecule has 0 amide bonds. The maximum atomic E-state index is 12.4. The van der Waals surface area contributed by atoms with Crippen LogP contribution in [0.2, 0.25) is 10.0 Å². The van der Waals surface area contributed by atoms with Crippen LogP contribution < -0.4 is 9.46 Å². The zero-order valence-corrected chi connectivity index (χ0v) is 15.2. The summed E-state index contributed by atoms with van der Waals surface area (Å²) in [4.78, 5) is 12.4. The lowest BCUT2D eigenvalue weighted by Crippen LogP contribution is -2.24. The van der Waals surface area contributed by atoms with Crippen molar-refractivity contribution in [3.8, 4) is 5.75 Å². The summed E-state index contributed by atoms with van der Waals surface area (Å²) >= 11 is 11.9. The van der Waals surface area contributed by atoms with Crippen LogP contribution in [0.3, 0.4) is 0 Å². The molecule has 0 saturated carbocycles. The lowest BCUT2D eigenvalue weighted by molar-refractivity contribution is 0.0818. The second-order valence-corrected chi connectivity index (χ2v) is 7.74. The molecule has 0 heterocycles. The minimum atomic E-state index is -3.36. The standard InChI is InChI=1S/C16H15Cl2NO4S/c1-10(23-15-9-12(17)5-8-14(15)18)16(20)11-3-6-13(7-4-11)19-24(2,21)22/h3-10,19H,1-2H3/t10-/m1/s1. The van der Waals surface area contributed by atoms with Crippen LogP contribution in [0.25, 0.3) is 0 Å². The average Bonchev–Trinajstić information content (AvgIpc) is 2.49. The zero-order chi connectivity index (χ0) is 17.9. The number of hydrogen-bond acceptors (Lipinski definition) is 4. The number of Topliss-reactive ketones (excluding diaryl/α,β-unsaturated/α-hetero) is 1. The molecule has 0 aliphatic carbocycles. The van der Waals surface area contributed by atoms with Crippen molar-refractivity contribution in [3.63, 3.8) is 0 Å². The first-order valence-electron chi connectivity index (χ1n) is 6.89. The Bertz CT molecular complexity index is 851. The van der Waals surface area contributed by atoms with Crippen molar-refractivity contribution in [2.24, 2.45) is 0 Å². The van der Waals surface area contributed by atoms with Crippen molar-refractivity contribution in [1.29, 1.82) is 0 Å². The van der Waals surface area contributed by atoms with Crippen LogP contribution in [0.15, 0.2) is 42.5 Å². The van der Waals surface area contributed by atoms with Gasteiger partial charge in [0.1, 0.15) is 5.75 Å². The van der Waals surface area contributed by atoms with Crippen molar-refractivity contribution in [2.45, 2.75) is 13.0 Å². The van der Waals surface area contributed by atoms with Gasteiger partial charge >= 0.3 is 0 Å². The highest BCUT2D eigenvalue weighted by atomic mass is 35.5. The fraction of sp³-hybridized carbons (Fsp3) is 0.188. The van der Waals surface area contributed by atoms with Gasteiger partial charge < -0.3 is 4.74 Å². The number of ether oxygens (including phenoxy) is 1. The third kappa shape index (κ3) is 5.12.